The van der Waals surface area contributed by atoms with Crippen LogP contribution >= 0.6 is 11.8 Å². The molecule has 0 saturated heterocycles. The predicted octanol–water partition coefficient (Wildman–Crippen LogP) is 5.09. The van der Waals surface area contributed by atoms with Crippen molar-refractivity contribution in [3.63, 3.8) is 0 Å². The second-order valence-electron chi connectivity index (χ2n) is 7.01. The van der Waals surface area contributed by atoms with Gasteiger partial charge in [-0.25, -0.2) is 9.97 Å². The summed E-state index contributed by atoms with van der Waals surface area (Å²) in [6.07, 6.45) is 0. The Kier molecular flexibility index (Phi) is 5.95. The van der Waals surface area contributed by atoms with E-state index in [1.165, 1.54) is 11.8 Å². The Hall–Kier alpha value is -3.38. The van der Waals surface area contributed by atoms with Crippen LogP contribution in [0.1, 0.15) is 0 Å². The summed E-state index contributed by atoms with van der Waals surface area (Å²) in [6.45, 7) is 0. The lowest BCUT2D eigenvalue weighted by Gasteiger charge is -2.13. The van der Waals surface area contributed by atoms with Crippen LogP contribution in [0.15, 0.2) is 83.9 Å². The number of fused-ring (bicyclic) bond motifs is 1. The number of rotatable bonds is 6. The Bertz CT molecular complexity index is 1160. The average Bonchev–Trinajstić information content (AvgIpc) is 2.78. The molecule has 5 nitrogen and oxygen atoms in total. The summed E-state index contributed by atoms with van der Waals surface area (Å²) in [5, 5.41) is 4.70. The van der Waals surface area contributed by atoms with E-state index in [9.17, 15) is 4.79 Å². The van der Waals surface area contributed by atoms with Gasteiger partial charge in [0.25, 0.3) is 0 Å². The molecule has 3 aromatic carbocycles. The van der Waals surface area contributed by atoms with E-state index >= 15 is 0 Å². The van der Waals surface area contributed by atoms with E-state index in [1.54, 1.807) is 0 Å². The Labute approximate surface area is 180 Å². The van der Waals surface area contributed by atoms with Crippen molar-refractivity contribution in [2.24, 2.45) is 0 Å². The standard InChI is InChI=1S/C24H22N4OS/c1-28(2)19-14-12-18(13-15-19)25-22(29)16-30-24-20-10-6-7-11-21(20)26-23(27-24)17-8-4-3-5-9-17/h3-15H,16H2,1-2H3,(H,25,29). The third kappa shape index (κ3) is 4.60. The molecule has 1 N–H and O–H groups in total. The number of thioether (sulfide) groups is 1. The fourth-order valence-electron chi connectivity index (χ4n) is 3.05. The van der Waals surface area contributed by atoms with Crippen molar-refractivity contribution >= 4 is 39.9 Å². The fraction of sp³-hybridized carbons (Fsp3) is 0.125. The lowest BCUT2D eigenvalue weighted by Crippen LogP contribution is -2.14. The molecule has 30 heavy (non-hydrogen) atoms. The van der Waals surface area contributed by atoms with Gasteiger partial charge in [-0.15, -0.1) is 0 Å². The van der Waals surface area contributed by atoms with Crippen LogP contribution in [0, 0.1) is 0 Å². The predicted molar refractivity (Wildman–Crippen MR) is 125 cm³/mol. The highest BCUT2D eigenvalue weighted by molar-refractivity contribution is 8.00. The molecule has 0 atom stereocenters. The topological polar surface area (TPSA) is 58.1 Å². The summed E-state index contributed by atoms with van der Waals surface area (Å²) < 4.78 is 0. The molecule has 0 bridgehead atoms. The molecule has 0 aliphatic carbocycles. The normalized spacial score (nSPS) is 10.7. The van der Waals surface area contributed by atoms with Gasteiger partial charge in [0, 0.05) is 36.4 Å². The minimum absolute atomic E-state index is 0.0680. The molecule has 150 valence electrons. The molecule has 0 spiro atoms. The number of para-hydroxylation sites is 1. The van der Waals surface area contributed by atoms with Crippen LogP contribution < -0.4 is 10.2 Å². The minimum Gasteiger partial charge on any atom is -0.378 e. The molecular formula is C24H22N4OS. The van der Waals surface area contributed by atoms with Gasteiger partial charge in [0.2, 0.25) is 5.91 Å². The van der Waals surface area contributed by atoms with E-state index in [0.717, 1.165) is 32.9 Å². The monoisotopic (exact) mass is 414 g/mol. The minimum atomic E-state index is -0.0680. The lowest BCUT2D eigenvalue weighted by atomic mass is 10.2. The van der Waals surface area contributed by atoms with Crippen LogP contribution in [-0.2, 0) is 4.79 Å². The number of carbonyl (C=O) groups is 1. The molecule has 1 amide bonds. The summed E-state index contributed by atoms with van der Waals surface area (Å²) in [6, 6.07) is 25.5. The van der Waals surface area contributed by atoms with E-state index in [0.29, 0.717) is 5.82 Å². The molecule has 0 saturated carbocycles. The van der Waals surface area contributed by atoms with E-state index in [4.69, 9.17) is 9.97 Å². The van der Waals surface area contributed by atoms with E-state index in [2.05, 4.69) is 5.32 Å². The van der Waals surface area contributed by atoms with Gasteiger partial charge >= 0.3 is 0 Å². The summed E-state index contributed by atoms with van der Waals surface area (Å²) in [4.78, 5) is 24.0. The highest BCUT2D eigenvalue weighted by Crippen LogP contribution is 2.28. The number of aromatic nitrogens is 2. The van der Waals surface area contributed by atoms with Gasteiger partial charge in [0.15, 0.2) is 5.82 Å². The van der Waals surface area contributed by atoms with Crippen molar-refractivity contribution in [2.75, 3.05) is 30.1 Å². The molecular weight excluding hydrogens is 392 g/mol. The number of nitrogens with zero attached hydrogens (tertiary/aromatic N) is 3. The first-order chi connectivity index (χ1) is 14.6. The molecule has 4 rings (SSSR count). The average molecular weight is 415 g/mol. The second-order valence-corrected chi connectivity index (χ2v) is 7.98. The van der Waals surface area contributed by atoms with Gasteiger partial charge in [-0.2, -0.15) is 0 Å². The van der Waals surface area contributed by atoms with Crippen molar-refractivity contribution in [3.05, 3.63) is 78.9 Å². The van der Waals surface area contributed by atoms with Gasteiger partial charge in [0.05, 0.1) is 11.3 Å². The number of nitrogens with one attached hydrogen (secondary N) is 1. The number of amides is 1. The molecule has 0 aliphatic rings. The molecule has 0 aliphatic heterocycles. The maximum absolute atomic E-state index is 12.5. The van der Waals surface area contributed by atoms with Crippen molar-refractivity contribution in [3.8, 4) is 11.4 Å². The summed E-state index contributed by atoms with van der Waals surface area (Å²) in [5.74, 6) is 0.864. The number of carbonyl (C=O) groups excluding carboxylic acids is 1. The van der Waals surface area contributed by atoms with Crippen LogP contribution in [0.5, 0.6) is 0 Å². The quantitative estimate of drug-likeness (QED) is 0.352. The Morgan fingerprint density at radius 1 is 0.900 bits per heavy atom. The third-order valence-corrected chi connectivity index (χ3v) is 5.60. The maximum atomic E-state index is 12.5. The SMILES string of the molecule is CN(C)c1ccc(NC(=O)CSc2nc(-c3ccccc3)nc3ccccc23)cc1. The first-order valence-electron chi connectivity index (χ1n) is 9.62. The Morgan fingerprint density at radius 2 is 1.60 bits per heavy atom. The van der Waals surface area contributed by atoms with Crippen LogP contribution in [0.25, 0.3) is 22.3 Å². The molecule has 0 unspecified atom stereocenters. The molecule has 1 heterocycles. The van der Waals surface area contributed by atoms with Gasteiger partial charge in [-0.05, 0) is 30.3 Å². The van der Waals surface area contributed by atoms with Gasteiger partial charge in [-0.1, -0.05) is 60.3 Å². The Morgan fingerprint density at radius 3 is 2.33 bits per heavy atom. The highest BCUT2D eigenvalue weighted by Gasteiger charge is 2.12. The third-order valence-electron chi connectivity index (χ3n) is 4.61. The first kappa shape index (κ1) is 19.9. The summed E-state index contributed by atoms with van der Waals surface area (Å²) in [5.41, 5.74) is 3.69. The first-order valence-corrected chi connectivity index (χ1v) is 10.6. The van der Waals surface area contributed by atoms with Gasteiger partial charge in [-0.3, -0.25) is 4.79 Å². The number of benzene rings is 3. The molecule has 4 aromatic rings. The van der Waals surface area contributed by atoms with E-state index in [-0.39, 0.29) is 11.7 Å². The zero-order chi connectivity index (χ0) is 20.9. The second kappa shape index (κ2) is 8.97. The van der Waals surface area contributed by atoms with Gasteiger partial charge < -0.3 is 10.2 Å². The van der Waals surface area contributed by atoms with E-state index in [1.807, 2.05) is 97.9 Å². The molecule has 1 aromatic heterocycles. The summed E-state index contributed by atoms with van der Waals surface area (Å²) >= 11 is 1.42. The van der Waals surface area contributed by atoms with Gasteiger partial charge in [0.1, 0.15) is 5.03 Å². The van der Waals surface area contributed by atoms with Crippen molar-refractivity contribution in [2.45, 2.75) is 5.03 Å². The van der Waals surface area contributed by atoms with Crippen molar-refractivity contribution in [1.29, 1.82) is 0 Å². The van der Waals surface area contributed by atoms with Crippen LogP contribution in [-0.4, -0.2) is 35.7 Å². The zero-order valence-corrected chi connectivity index (χ0v) is 17.7. The van der Waals surface area contributed by atoms with Crippen LogP contribution in [0.2, 0.25) is 0 Å². The molecule has 0 fully saturated rings. The lowest BCUT2D eigenvalue weighted by molar-refractivity contribution is -0.113. The number of hydrogen-bond acceptors (Lipinski definition) is 5. The Balaban J connectivity index is 1.52. The largest absolute Gasteiger partial charge is 0.378 e. The molecule has 0 radical (unpaired) electrons. The van der Waals surface area contributed by atoms with Crippen molar-refractivity contribution in [1.82, 2.24) is 9.97 Å². The summed E-state index contributed by atoms with van der Waals surface area (Å²) in [7, 11) is 3.97. The number of hydrogen-bond donors (Lipinski definition) is 1. The highest BCUT2D eigenvalue weighted by atomic mass is 32.2. The van der Waals surface area contributed by atoms with E-state index < -0.39 is 0 Å². The van der Waals surface area contributed by atoms with Crippen molar-refractivity contribution < 1.29 is 4.79 Å². The maximum Gasteiger partial charge on any atom is 0.234 e. The zero-order valence-electron chi connectivity index (χ0n) is 16.9. The molecule has 6 heteroatoms. The fourth-order valence-corrected chi connectivity index (χ4v) is 3.87. The number of anilines is 2. The smallest absolute Gasteiger partial charge is 0.234 e. The van der Waals surface area contributed by atoms with Crippen LogP contribution in [0.3, 0.4) is 0 Å². The van der Waals surface area contributed by atoms with Crippen LogP contribution in [0.4, 0.5) is 11.4 Å².